The number of anilines is 2. The van der Waals surface area contributed by atoms with Gasteiger partial charge < -0.3 is 21.4 Å². The van der Waals surface area contributed by atoms with Gasteiger partial charge >= 0.3 is 0 Å². The summed E-state index contributed by atoms with van der Waals surface area (Å²) in [5.74, 6) is -0.969. The number of hydrogen-bond acceptors (Lipinski definition) is 6. The number of carbonyl (C=O) groups excluding carboxylic acids is 1. The van der Waals surface area contributed by atoms with Crippen LogP contribution in [0.4, 0.5) is 15.8 Å². The van der Waals surface area contributed by atoms with Crippen LogP contribution in [0.1, 0.15) is 40.2 Å². The van der Waals surface area contributed by atoms with Gasteiger partial charge in [0.05, 0.1) is 28.0 Å². The van der Waals surface area contributed by atoms with Gasteiger partial charge in [-0.25, -0.2) is 4.39 Å². The van der Waals surface area contributed by atoms with Crippen molar-refractivity contribution in [3.8, 4) is 0 Å². The minimum Gasteiger partial charge on any atom is -0.396 e. The minimum absolute atomic E-state index is 0.00372. The van der Waals surface area contributed by atoms with Crippen molar-refractivity contribution in [2.75, 3.05) is 36.8 Å². The lowest BCUT2D eigenvalue weighted by Gasteiger charge is -2.36. The number of nitrogen functional groups attached to an aromatic ring is 1. The summed E-state index contributed by atoms with van der Waals surface area (Å²) in [5, 5.41) is 0. The molecule has 0 bridgehead atoms. The molecule has 5 N–H and O–H groups in total. The van der Waals surface area contributed by atoms with E-state index in [1.54, 1.807) is 6.07 Å². The van der Waals surface area contributed by atoms with Crippen LogP contribution in [0.15, 0.2) is 35.3 Å². The lowest BCUT2D eigenvalue weighted by molar-refractivity contribution is 0.100. The lowest BCUT2D eigenvalue weighted by atomic mass is 10.1. The number of aromatic nitrogens is 2. The van der Waals surface area contributed by atoms with Gasteiger partial charge in [0.2, 0.25) is 0 Å². The van der Waals surface area contributed by atoms with Gasteiger partial charge in [0.1, 0.15) is 0 Å². The van der Waals surface area contributed by atoms with Gasteiger partial charge in [0.15, 0.2) is 5.82 Å². The molecule has 9 heteroatoms. The number of nitrogens with one attached hydrogen (secondary N) is 1. The number of rotatable bonds is 5. The molecule has 1 aliphatic carbocycles. The van der Waals surface area contributed by atoms with E-state index >= 15 is 0 Å². The Morgan fingerprint density at radius 3 is 2.62 bits per heavy atom. The van der Waals surface area contributed by atoms with E-state index in [2.05, 4.69) is 14.9 Å². The van der Waals surface area contributed by atoms with Crippen molar-refractivity contribution in [3.05, 3.63) is 63.3 Å². The molecule has 2 aromatic heterocycles. The maximum absolute atomic E-state index is 14.7. The smallest absolute Gasteiger partial charge is 0.252 e. The Hall–Kier alpha value is -3.46. The van der Waals surface area contributed by atoms with Crippen LogP contribution in [0.5, 0.6) is 0 Å². The Kier molecular flexibility index (Phi) is 5.05. The molecule has 8 nitrogen and oxygen atoms in total. The summed E-state index contributed by atoms with van der Waals surface area (Å²) in [6, 6.07) is 6.92. The lowest BCUT2D eigenvalue weighted by Crippen LogP contribution is -2.46. The summed E-state index contributed by atoms with van der Waals surface area (Å²) in [6.45, 7) is 3.39. The fourth-order valence-corrected chi connectivity index (χ4v) is 4.37. The fourth-order valence-electron chi connectivity index (χ4n) is 4.37. The van der Waals surface area contributed by atoms with Crippen molar-refractivity contribution in [2.24, 2.45) is 5.73 Å². The molecule has 2 fully saturated rings. The van der Waals surface area contributed by atoms with Crippen molar-refractivity contribution in [1.82, 2.24) is 14.9 Å². The first kappa shape index (κ1) is 20.4. The zero-order chi connectivity index (χ0) is 22.4. The third-order valence-corrected chi connectivity index (χ3v) is 6.34. The molecule has 32 heavy (non-hydrogen) atoms. The molecule has 0 spiro atoms. The molecule has 1 aliphatic heterocycles. The van der Waals surface area contributed by atoms with E-state index < -0.39 is 11.7 Å². The van der Waals surface area contributed by atoms with Crippen LogP contribution in [0, 0.1) is 5.82 Å². The predicted octanol–water partition coefficient (Wildman–Crippen LogP) is 1.94. The number of fused-ring (bicyclic) bond motifs is 1. The van der Waals surface area contributed by atoms with E-state index in [4.69, 9.17) is 11.5 Å². The maximum Gasteiger partial charge on any atom is 0.252 e. The largest absolute Gasteiger partial charge is 0.396 e. The number of aromatic amines is 1. The summed E-state index contributed by atoms with van der Waals surface area (Å²) >= 11 is 0. The molecule has 166 valence electrons. The molecule has 1 aromatic carbocycles. The summed E-state index contributed by atoms with van der Waals surface area (Å²) < 4.78 is 14.7. The SMILES string of the molecule is NC(=O)c1ccc(N2CCN(Cc3cnc4cc(C5CC5)c(=O)[nH]c4c3)CC2)c(F)c1N. The first-order valence-corrected chi connectivity index (χ1v) is 10.8. The molecule has 5 rings (SSSR count). The number of primary amides is 1. The van der Waals surface area contributed by atoms with Crippen LogP contribution in [0.25, 0.3) is 11.0 Å². The van der Waals surface area contributed by atoms with E-state index in [1.807, 2.05) is 23.2 Å². The van der Waals surface area contributed by atoms with Gasteiger partial charge in [0.25, 0.3) is 11.5 Å². The predicted molar refractivity (Wildman–Crippen MR) is 121 cm³/mol. The van der Waals surface area contributed by atoms with Gasteiger partial charge in [-0.15, -0.1) is 0 Å². The number of hydrogen-bond donors (Lipinski definition) is 3. The minimum atomic E-state index is -0.744. The molecule has 0 radical (unpaired) electrons. The van der Waals surface area contributed by atoms with E-state index in [-0.39, 0.29) is 16.8 Å². The highest BCUT2D eigenvalue weighted by molar-refractivity contribution is 5.98. The molecule has 1 saturated carbocycles. The van der Waals surface area contributed by atoms with Crippen LogP contribution >= 0.6 is 0 Å². The normalized spacial score (nSPS) is 17.1. The molecule has 3 heterocycles. The summed E-state index contributed by atoms with van der Waals surface area (Å²) in [5.41, 5.74) is 14.6. The Bertz CT molecular complexity index is 1260. The molecule has 0 atom stereocenters. The summed E-state index contributed by atoms with van der Waals surface area (Å²) in [6.07, 6.45) is 4.00. The Morgan fingerprint density at radius 1 is 1.19 bits per heavy atom. The Labute approximate surface area is 184 Å². The van der Waals surface area contributed by atoms with Crippen molar-refractivity contribution in [2.45, 2.75) is 25.3 Å². The van der Waals surface area contributed by atoms with Gasteiger partial charge in [-0.3, -0.25) is 19.5 Å². The number of nitrogens with zero attached hydrogens (tertiary/aromatic N) is 3. The number of pyridine rings is 2. The molecule has 1 amide bonds. The monoisotopic (exact) mass is 436 g/mol. The van der Waals surface area contributed by atoms with Crippen LogP contribution in [-0.4, -0.2) is 47.0 Å². The average Bonchev–Trinajstić information content (AvgIpc) is 3.61. The second kappa shape index (κ2) is 7.90. The quantitative estimate of drug-likeness (QED) is 0.526. The van der Waals surface area contributed by atoms with Gasteiger partial charge in [0, 0.05) is 44.5 Å². The van der Waals surface area contributed by atoms with Crippen molar-refractivity contribution < 1.29 is 9.18 Å². The number of carbonyl (C=O) groups is 1. The number of benzene rings is 1. The van der Waals surface area contributed by atoms with Gasteiger partial charge in [-0.05, 0) is 48.6 Å². The highest BCUT2D eigenvalue weighted by atomic mass is 19.1. The topological polar surface area (TPSA) is 121 Å². The molecule has 3 aromatic rings. The molecular formula is C23H25FN6O2. The Balaban J connectivity index is 1.26. The number of halogens is 1. The van der Waals surface area contributed by atoms with Gasteiger partial charge in [-0.1, -0.05) is 0 Å². The summed E-state index contributed by atoms with van der Waals surface area (Å²) in [7, 11) is 0. The van der Waals surface area contributed by atoms with E-state index in [0.717, 1.165) is 48.1 Å². The van der Waals surface area contributed by atoms with Crippen molar-refractivity contribution in [1.29, 1.82) is 0 Å². The van der Waals surface area contributed by atoms with Crippen LogP contribution in [-0.2, 0) is 6.54 Å². The van der Waals surface area contributed by atoms with Crippen molar-refractivity contribution in [3.63, 3.8) is 0 Å². The first-order chi connectivity index (χ1) is 15.4. The van der Waals surface area contributed by atoms with Gasteiger partial charge in [-0.2, -0.15) is 0 Å². The Morgan fingerprint density at radius 2 is 1.94 bits per heavy atom. The first-order valence-electron chi connectivity index (χ1n) is 10.8. The number of H-pyrrole nitrogens is 1. The van der Waals surface area contributed by atoms with E-state index in [9.17, 15) is 14.0 Å². The third-order valence-electron chi connectivity index (χ3n) is 6.34. The average molecular weight is 436 g/mol. The number of piperazine rings is 1. The second-order valence-corrected chi connectivity index (χ2v) is 8.59. The molecular weight excluding hydrogens is 411 g/mol. The fraction of sp³-hybridized carbons (Fsp3) is 0.348. The number of amides is 1. The highest BCUT2D eigenvalue weighted by Gasteiger charge is 2.27. The van der Waals surface area contributed by atoms with Crippen LogP contribution < -0.4 is 21.9 Å². The molecule has 2 aliphatic rings. The number of nitrogens with two attached hydrogens (primary N) is 2. The summed E-state index contributed by atoms with van der Waals surface area (Å²) in [4.78, 5) is 35.4. The zero-order valence-electron chi connectivity index (χ0n) is 17.6. The maximum atomic E-state index is 14.7. The van der Waals surface area contributed by atoms with Crippen LogP contribution in [0.3, 0.4) is 0 Å². The third kappa shape index (κ3) is 3.80. The molecule has 0 unspecified atom stereocenters. The van der Waals surface area contributed by atoms with Crippen molar-refractivity contribution >= 4 is 28.3 Å². The van der Waals surface area contributed by atoms with Crippen LogP contribution in [0.2, 0.25) is 0 Å². The standard InChI is InChI=1S/C23H25FN6O2/c24-20-19(4-3-15(21(20)25)22(26)31)30-7-5-29(6-8-30)12-13-9-18-17(27-11-13)10-16(14-1-2-14)23(32)28-18/h3-4,9-11,14H,1-2,5-8,12,25H2,(H2,26,31)(H,28,32). The van der Waals surface area contributed by atoms with E-state index in [0.29, 0.717) is 31.2 Å². The second-order valence-electron chi connectivity index (χ2n) is 8.59. The zero-order valence-corrected chi connectivity index (χ0v) is 17.6. The highest BCUT2D eigenvalue weighted by Crippen LogP contribution is 2.38. The van der Waals surface area contributed by atoms with E-state index in [1.165, 1.54) is 6.07 Å². The molecule has 1 saturated heterocycles.